The van der Waals surface area contributed by atoms with Crippen molar-refractivity contribution >= 4 is 23.1 Å². The SMILES string of the molecule is Cc1ccsc1CNCCSc1nnc(C)n1C. The van der Waals surface area contributed by atoms with Gasteiger partial charge in [0.15, 0.2) is 5.16 Å². The van der Waals surface area contributed by atoms with Crippen molar-refractivity contribution in [2.75, 3.05) is 12.3 Å². The van der Waals surface area contributed by atoms with Gasteiger partial charge in [-0.1, -0.05) is 11.8 Å². The Kier molecular flexibility index (Phi) is 4.79. The molecule has 0 fully saturated rings. The molecular formula is C12H18N4S2. The summed E-state index contributed by atoms with van der Waals surface area (Å²) in [5, 5.41) is 14.8. The molecule has 0 radical (unpaired) electrons. The monoisotopic (exact) mass is 282 g/mol. The van der Waals surface area contributed by atoms with Crippen LogP contribution in [0.2, 0.25) is 0 Å². The van der Waals surface area contributed by atoms with E-state index < -0.39 is 0 Å². The second-order valence-electron chi connectivity index (χ2n) is 4.14. The van der Waals surface area contributed by atoms with Crippen LogP contribution in [0, 0.1) is 13.8 Å². The number of hydrogen-bond acceptors (Lipinski definition) is 5. The average molecular weight is 282 g/mol. The van der Waals surface area contributed by atoms with Gasteiger partial charge in [0.2, 0.25) is 0 Å². The Morgan fingerprint density at radius 3 is 2.83 bits per heavy atom. The Labute approximate surface area is 116 Å². The highest BCUT2D eigenvalue weighted by Gasteiger charge is 2.04. The summed E-state index contributed by atoms with van der Waals surface area (Å²) >= 11 is 3.55. The molecule has 0 atom stereocenters. The summed E-state index contributed by atoms with van der Waals surface area (Å²) in [6, 6.07) is 2.17. The fraction of sp³-hybridized carbons (Fsp3) is 0.500. The normalized spacial score (nSPS) is 11.1. The number of thiophene rings is 1. The first kappa shape index (κ1) is 13.6. The zero-order chi connectivity index (χ0) is 13.0. The third-order valence-electron chi connectivity index (χ3n) is 2.82. The van der Waals surface area contributed by atoms with Crippen molar-refractivity contribution in [2.45, 2.75) is 25.5 Å². The van der Waals surface area contributed by atoms with Crippen molar-refractivity contribution in [3.05, 3.63) is 27.7 Å². The number of aromatic nitrogens is 3. The van der Waals surface area contributed by atoms with Gasteiger partial charge in [-0.2, -0.15) is 0 Å². The minimum atomic E-state index is 0.958. The lowest BCUT2D eigenvalue weighted by Crippen LogP contribution is -2.16. The van der Waals surface area contributed by atoms with E-state index in [0.717, 1.165) is 29.8 Å². The summed E-state index contributed by atoms with van der Waals surface area (Å²) in [4.78, 5) is 1.43. The molecule has 18 heavy (non-hydrogen) atoms. The van der Waals surface area contributed by atoms with Crippen LogP contribution in [0.25, 0.3) is 0 Å². The third kappa shape index (κ3) is 3.34. The molecule has 2 heterocycles. The van der Waals surface area contributed by atoms with Gasteiger partial charge in [-0.25, -0.2) is 0 Å². The van der Waals surface area contributed by atoms with Gasteiger partial charge in [0.25, 0.3) is 0 Å². The number of thioether (sulfide) groups is 1. The molecule has 0 aliphatic rings. The van der Waals surface area contributed by atoms with Crippen LogP contribution in [-0.4, -0.2) is 27.1 Å². The van der Waals surface area contributed by atoms with Crippen LogP contribution in [0.3, 0.4) is 0 Å². The molecule has 2 aromatic heterocycles. The van der Waals surface area contributed by atoms with E-state index >= 15 is 0 Å². The van der Waals surface area contributed by atoms with E-state index in [0.29, 0.717) is 0 Å². The first-order valence-corrected chi connectivity index (χ1v) is 7.77. The summed E-state index contributed by atoms with van der Waals surface area (Å²) < 4.78 is 2.02. The second kappa shape index (κ2) is 6.36. The van der Waals surface area contributed by atoms with Crippen LogP contribution in [0.5, 0.6) is 0 Å². The predicted molar refractivity (Wildman–Crippen MR) is 77.2 cm³/mol. The molecule has 0 amide bonds. The van der Waals surface area contributed by atoms with Crippen molar-refractivity contribution in [3.63, 3.8) is 0 Å². The Bertz CT molecular complexity index is 504. The summed E-state index contributed by atoms with van der Waals surface area (Å²) in [7, 11) is 2.00. The van der Waals surface area contributed by atoms with Crippen molar-refractivity contribution in [1.82, 2.24) is 20.1 Å². The van der Waals surface area contributed by atoms with Crippen LogP contribution >= 0.6 is 23.1 Å². The molecule has 0 unspecified atom stereocenters. The topological polar surface area (TPSA) is 42.7 Å². The Hall–Kier alpha value is -0.850. The zero-order valence-corrected chi connectivity index (χ0v) is 12.6. The summed E-state index contributed by atoms with van der Waals surface area (Å²) in [5.41, 5.74) is 1.38. The van der Waals surface area contributed by atoms with Gasteiger partial charge in [-0.3, -0.25) is 0 Å². The van der Waals surface area contributed by atoms with Gasteiger partial charge >= 0.3 is 0 Å². The van der Waals surface area contributed by atoms with Crippen LogP contribution < -0.4 is 5.32 Å². The third-order valence-corrected chi connectivity index (χ3v) is 4.86. The molecular weight excluding hydrogens is 264 g/mol. The van der Waals surface area contributed by atoms with Gasteiger partial charge in [-0.15, -0.1) is 21.5 Å². The van der Waals surface area contributed by atoms with E-state index in [-0.39, 0.29) is 0 Å². The smallest absolute Gasteiger partial charge is 0.190 e. The molecule has 0 aliphatic carbocycles. The van der Waals surface area contributed by atoms with E-state index in [4.69, 9.17) is 0 Å². The highest BCUT2D eigenvalue weighted by Crippen LogP contribution is 2.16. The number of nitrogens with one attached hydrogen (secondary N) is 1. The zero-order valence-electron chi connectivity index (χ0n) is 10.9. The molecule has 2 aromatic rings. The first-order chi connectivity index (χ1) is 8.68. The van der Waals surface area contributed by atoms with E-state index in [2.05, 4.69) is 33.9 Å². The summed E-state index contributed by atoms with van der Waals surface area (Å²) in [6.07, 6.45) is 0. The Morgan fingerprint density at radius 1 is 1.39 bits per heavy atom. The van der Waals surface area contributed by atoms with Gasteiger partial charge in [0.1, 0.15) is 5.82 Å². The van der Waals surface area contributed by atoms with Gasteiger partial charge in [0, 0.05) is 30.8 Å². The number of nitrogens with zero attached hydrogens (tertiary/aromatic N) is 3. The largest absolute Gasteiger partial charge is 0.311 e. The maximum absolute atomic E-state index is 4.13. The summed E-state index contributed by atoms with van der Waals surface area (Å²) in [5.74, 6) is 1.97. The highest BCUT2D eigenvalue weighted by atomic mass is 32.2. The van der Waals surface area contributed by atoms with Crippen molar-refractivity contribution in [2.24, 2.45) is 7.05 Å². The van der Waals surface area contributed by atoms with Crippen LogP contribution in [0.1, 0.15) is 16.3 Å². The molecule has 98 valence electrons. The molecule has 6 heteroatoms. The van der Waals surface area contributed by atoms with Crippen molar-refractivity contribution < 1.29 is 0 Å². The lowest BCUT2D eigenvalue weighted by molar-refractivity contribution is 0.732. The molecule has 2 rings (SSSR count). The van der Waals surface area contributed by atoms with Crippen molar-refractivity contribution in [1.29, 1.82) is 0 Å². The maximum atomic E-state index is 4.13. The maximum Gasteiger partial charge on any atom is 0.190 e. The van der Waals surface area contributed by atoms with Crippen LogP contribution in [0.15, 0.2) is 16.6 Å². The van der Waals surface area contributed by atoms with E-state index in [9.17, 15) is 0 Å². The van der Waals surface area contributed by atoms with E-state index in [1.54, 1.807) is 11.8 Å². The predicted octanol–water partition coefficient (Wildman–Crippen LogP) is 2.38. The lowest BCUT2D eigenvalue weighted by atomic mass is 10.3. The first-order valence-electron chi connectivity index (χ1n) is 5.91. The molecule has 0 bridgehead atoms. The molecule has 0 spiro atoms. The number of hydrogen-bond donors (Lipinski definition) is 1. The van der Waals surface area contributed by atoms with Crippen LogP contribution in [-0.2, 0) is 13.6 Å². The van der Waals surface area contributed by atoms with Crippen molar-refractivity contribution in [3.8, 4) is 0 Å². The average Bonchev–Trinajstić information content (AvgIpc) is 2.89. The molecule has 0 aliphatic heterocycles. The molecule has 4 nitrogen and oxygen atoms in total. The van der Waals surface area contributed by atoms with E-state index in [1.807, 2.05) is 29.9 Å². The number of aryl methyl sites for hydroxylation is 2. The minimum Gasteiger partial charge on any atom is -0.311 e. The quantitative estimate of drug-likeness (QED) is 0.652. The van der Waals surface area contributed by atoms with E-state index in [1.165, 1.54) is 10.4 Å². The Balaban J connectivity index is 1.68. The second-order valence-corrected chi connectivity index (χ2v) is 6.20. The minimum absolute atomic E-state index is 0.958. The molecule has 0 aromatic carbocycles. The van der Waals surface area contributed by atoms with Gasteiger partial charge < -0.3 is 9.88 Å². The summed E-state index contributed by atoms with van der Waals surface area (Å²) in [6.45, 7) is 6.06. The number of rotatable bonds is 6. The fourth-order valence-electron chi connectivity index (χ4n) is 1.52. The highest BCUT2D eigenvalue weighted by molar-refractivity contribution is 7.99. The van der Waals surface area contributed by atoms with Crippen LogP contribution in [0.4, 0.5) is 0 Å². The molecule has 1 N–H and O–H groups in total. The molecule has 0 saturated carbocycles. The fourth-order valence-corrected chi connectivity index (χ4v) is 3.24. The van der Waals surface area contributed by atoms with Gasteiger partial charge in [0.05, 0.1) is 0 Å². The molecule has 0 saturated heterocycles. The van der Waals surface area contributed by atoms with Gasteiger partial charge in [-0.05, 0) is 30.9 Å². The standard InChI is InChI=1S/C12H18N4S2/c1-9-4-6-17-11(9)8-13-5-7-18-12-15-14-10(2)16(12)3/h4,6,13H,5,7-8H2,1-3H3. The Morgan fingerprint density at radius 2 is 2.22 bits per heavy atom. The lowest BCUT2D eigenvalue weighted by Gasteiger charge is -2.04.